The predicted molar refractivity (Wildman–Crippen MR) is 67.9 cm³/mol. The molecule has 0 unspecified atom stereocenters. The molecule has 17 heavy (non-hydrogen) atoms. The van der Waals surface area contributed by atoms with Crippen LogP contribution in [0.2, 0.25) is 0 Å². The molecule has 1 heterocycles. The third-order valence-electron chi connectivity index (χ3n) is 2.88. The standard InChI is InChI=1S/C13H14BrNO2/c14-12-2-1-11(8-15)13(7-12)17-9-10-3-5-16-6-4-10/h1-2,7,10H,3-6,9H2. The van der Waals surface area contributed by atoms with Crippen LogP contribution in [0.1, 0.15) is 18.4 Å². The first-order chi connectivity index (χ1) is 8.29. The highest BCUT2D eigenvalue weighted by atomic mass is 79.9. The Morgan fingerprint density at radius 2 is 2.18 bits per heavy atom. The maximum absolute atomic E-state index is 8.98. The lowest BCUT2D eigenvalue weighted by Crippen LogP contribution is -2.21. The third-order valence-corrected chi connectivity index (χ3v) is 3.37. The number of hydrogen-bond donors (Lipinski definition) is 0. The molecule has 1 aliphatic rings. The Morgan fingerprint density at radius 3 is 2.88 bits per heavy atom. The topological polar surface area (TPSA) is 42.2 Å². The lowest BCUT2D eigenvalue weighted by Gasteiger charge is -2.22. The van der Waals surface area contributed by atoms with Crippen molar-refractivity contribution >= 4 is 15.9 Å². The molecule has 0 aromatic heterocycles. The van der Waals surface area contributed by atoms with Crippen molar-refractivity contribution in [1.82, 2.24) is 0 Å². The Hall–Kier alpha value is -1.05. The highest BCUT2D eigenvalue weighted by molar-refractivity contribution is 9.10. The summed E-state index contributed by atoms with van der Waals surface area (Å²) >= 11 is 3.38. The van der Waals surface area contributed by atoms with Gasteiger partial charge in [-0.25, -0.2) is 0 Å². The molecule has 0 atom stereocenters. The highest BCUT2D eigenvalue weighted by Crippen LogP contribution is 2.24. The van der Waals surface area contributed by atoms with Gasteiger partial charge in [-0.3, -0.25) is 0 Å². The number of hydrogen-bond acceptors (Lipinski definition) is 3. The third kappa shape index (κ3) is 3.45. The summed E-state index contributed by atoms with van der Waals surface area (Å²) in [5, 5.41) is 8.98. The maximum atomic E-state index is 8.98. The van der Waals surface area contributed by atoms with Gasteiger partial charge in [-0.05, 0) is 37.0 Å². The summed E-state index contributed by atoms with van der Waals surface area (Å²) in [4.78, 5) is 0. The van der Waals surface area contributed by atoms with Crippen LogP contribution in [-0.4, -0.2) is 19.8 Å². The summed E-state index contributed by atoms with van der Waals surface area (Å²) in [6.07, 6.45) is 2.08. The van der Waals surface area contributed by atoms with E-state index in [1.807, 2.05) is 12.1 Å². The molecule has 0 aliphatic carbocycles. The molecule has 1 fully saturated rings. The van der Waals surface area contributed by atoms with E-state index in [0.717, 1.165) is 30.5 Å². The van der Waals surface area contributed by atoms with Gasteiger partial charge in [-0.15, -0.1) is 0 Å². The minimum absolute atomic E-state index is 0.536. The van der Waals surface area contributed by atoms with Crippen LogP contribution in [0, 0.1) is 17.2 Å². The zero-order valence-electron chi connectivity index (χ0n) is 9.49. The number of halogens is 1. The smallest absolute Gasteiger partial charge is 0.138 e. The van der Waals surface area contributed by atoms with Crippen molar-refractivity contribution in [1.29, 1.82) is 5.26 Å². The summed E-state index contributed by atoms with van der Waals surface area (Å²) in [5.41, 5.74) is 0.584. The molecule has 4 heteroatoms. The lowest BCUT2D eigenvalue weighted by molar-refractivity contribution is 0.0497. The molecule has 1 aromatic rings. The summed E-state index contributed by atoms with van der Waals surface area (Å²) in [6.45, 7) is 2.30. The second-order valence-electron chi connectivity index (χ2n) is 4.12. The van der Waals surface area contributed by atoms with Crippen LogP contribution in [0.25, 0.3) is 0 Å². The number of nitriles is 1. The number of ether oxygens (including phenoxy) is 2. The van der Waals surface area contributed by atoms with Gasteiger partial charge in [0.05, 0.1) is 12.2 Å². The fourth-order valence-electron chi connectivity index (χ4n) is 1.83. The van der Waals surface area contributed by atoms with E-state index >= 15 is 0 Å². The summed E-state index contributed by atoms with van der Waals surface area (Å²) in [7, 11) is 0. The Bertz CT molecular complexity index is 422. The van der Waals surface area contributed by atoms with E-state index in [-0.39, 0.29) is 0 Å². The van der Waals surface area contributed by atoms with Crippen molar-refractivity contribution in [2.24, 2.45) is 5.92 Å². The molecule has 0 bridgehead atoms. The Morgan fingerprint density at radius 1 is 1.41 bits per heavy atom. The molecular formula is C13H14BrNO2. The number of nitrogens with zero attached hydrogens (tertiary/aromatic N) is 1. The van der Waals surface area contributed by atoms with Gasteiger partial charge < -0.3 is 9.47 Å². The first-order valence-electron chi connectivity index (χ1n) is 5.70. The zero-order valence-corrected chi connectivity index (χ0v) is 11.1. The average molecular weight is 296 g/mol. The molecular weight excluding hydrogens is 282 g/mol. The van der Waals surface area contributed by atoms with Gasteiger partial charge in [0.2, 0.25) is 0 Å². The van der Waals surface area contributed by atoms with E-state index in [1.165, 1.54) is 0 Å². The molecule has 1 saturated heterocycles. The van der Waals surface area contributed by atoms with Crippen molar-refractivity contribution < 1.29 is 9.47 Å². The van der Waals surface area contributed by atoms with Crippen molar-refractivity contribution in [2.45, 2.75) is 12.8 Å². The van der Waals surface area contributed by atoms with Crippen LogP contribution in [0.15, 0.2) is 22.7 Å². The van der Waals surface area contributed by atoms with E-state index < -0.39 is 0 Å². The molecule has 0 N–H and O–H groups in total. The molecule has 0 amide bonds. The maximum Gasteiger partial charge on any atom is 0.138 e. The van der Waals surface area contributed by atoms with Crippen molar-refractivity contribution in [3.8, 4) is 11.8 Å². The van der Waals surface area contributed by atoms with Crippen LogP contribution in [0.3, 0.4) is 0 Å². The Balaban J connectivity index is 1.98. The molecule has 3 nitrogen and oxygen atoms in total. The van der Waals surface area contributed by atoms with Crippen LogP contribution < -0.4 is 4.74 Å². The van der Waals surface area contributed by atoms with Gasteiger partial charge in [0.1, 0.15) is 11.8 Å². The molecule has 0 radical (unpaired) electrons. The van der Waals surface area contributed by atoms with Crippen LogP contribution in [-0.2, 0) is 4.74 Å². The highest BCUT2D eigenvalue weighted by Gasteiger charge is 2.15. The second kappa shape index (κ2) is 6.04. The molecule has 0 saturated carbocycles. The lowest BCUT2D eigenvalue weighted by atomic mass is 10.0. The van der Waals surface area contributed by atoms with Crippen LogP contribution in [0.5, 0.6) is 5.75 Å². The fraction of sp³-hybridized carbons (Fsp3) is 0.462. The SMILES string of the molecule is N#Cc1ccc(Br)cc1OCC1CCOCC1. The van der Waals surface area contributed by atoms with E-state index in [1.54, 1.807) is 6.07 Å². The van der Waals surface area contributed by atoms with Crippen molar-refractivity contribution in [3.05, 3.63) is 28.2 Å². The van der Waals surface area contributed by atoms with Crippen molar-refractivity contribution in [3.63, 3.8) is 0 Å². The molecule has 1 aliphatic heterocycles. The monoisotopic (exact) mass is 295 g/mol. The van der Waals surface area contributed by atoms with Gasteiger partial charge in [-0.2, -0.15) is 5.26 Å². The molecule has 2 rings (SSSR count). The second-order valence-corrected chi connectivity index (χ2v) is 5.03. The van der Waals surface area contributed by atoms with Crippen LogP contribution >= 0.6 is 15.9 Å². The first-order valence-corrected chi connectivity index (χ1v) is 6.49. The zero-order chi connectivity index (χ0) is 12.1. The quantitative estimate of drug-likeness (QED) is 0.860. The predicted octanol–water partition coefficient (Wildman–Crippen LogP) is 3.13. The van der Waals surface area contributed by atoms with Crippen molar-refractivity contribution in [2.75, 3.05) is 19.8 Å². The minimum Gasteiger partial charge on any atom is -0.492 e. The van der Waals surface area contributed by atoms with E-state index in [4.69, 9.17) is 14.7 Å². The summed E-state index contributed by atoms with van der Waals surface area (Å²) in [6, 6.07) is 7.60. The Labute approximate surface area is 109 Å². The Kier molecular flexibility index (Phi) is 4.41. The van der Waals surface area contributed by atoms with Gasteiger partial charge in [0, 0.05) is 17.7 Å². The molecule has 90 valence electrons. The average Bonchev–Trinajstić information content (AvgIpc) is 2.38. The van der Waals surface area contributed by atoms with Gasteiger partial charge >= 0.3 is 0 Å². The largest absolute Gasteiger partial charge is 0.492 e. The van der Waals surface area contributed by atoms with Gasteiger partial charge in [0.25, 0.3) is 0 Å². The minimum atomic E-state index is 0.536. The number of rotatable bonds is 3. The molecule has 0 spiro atoms. The molecule has 1 aromatic carbocycles. The van der Waals surface area contributed by atoms with E-state index in [0.29, 0.717) is 23.8 Å². The van der Waals surface area contributed by atoms with Gasteiger partial charge in [-0.1, -0.05) is 15.9 Å². The van der Waals surface area contributed by atoms with E-state index in [2.05, 4.69) is 22.0 Å². The summed E-state index contributed by atoms with van der Waals surface area (Å²) in [5.74, 6) is 1.20. The summed E-state index contributed by atoms with van der Waals surface area (Å²) < 4.78 is 12.0. The van der Waals surface area contributed by atoms with Crippen LogP contribution in [0.4, 0.5) is 0 Å². The fourth-order valence-corrected chi connectivity index (χ4v) is 2.17. The first kappa shape index (κ1) is 12.4. The number of benzene rings is 1. The normalized spacial score (nSPS) is 16.5. The van der Waals surface area contributed by atoms with E-state index in [9.17, 15) is 0 Å². The van der Waals surface area contributed by atoms with Gasteiger partial charge in [0.15, 0.2) is 0 Å².